The summed E-state index contributed by atoms with van der Waals surface area (Å²) in [5.41, 5.74) is 7.33. The average molecular weight is 232 g/mol. The maximum absolute atomic E-state index is 12.3. The lowest BCUT2D eigenvalue weighted by atomic mass is 10.0. The molecule has 1 aromatic carbocycles. The fourth-order valence-corrected chi connectivity index (χ4v) is 2.16. The fraction of sp³-hybridized carbons (Fsp3) is 0.500. The minimum Gasteiger partial charge on any atom is -0.399 e. The van der Waals surface area contributed by atoms with Gasteiger partial charge in [0.05, 0.1) is 0 Å². The summed E-state index contributed by atoms with van der Waals surface area (Å²) >= 11 is 0. The number of carbonyl (C=O) groups is 1. The van der Waals surface area contributed by atoms with Crippen LogP contribution >= 0.6 is 0 Å². The Morgan fingerprint density at radius 2 is 2.00 bits per heavy atom. The maximum Gasteiger partial charge on any atom is 0.230 e. The number of hydrogen-bond acceptors (Lipinski definition) is 2. The lowest BCUT2D eigenvalue weighted by Gasteiger charge is -2.24. The largest absolute Gasteiger partial charge is 0.399 e. The molecular weight excluding hydrogens is 212 g/mol. The van der Waals surface area contributed by atoms with Crippen molar-refractivity contribution in [1.82, 2.24) is 0 Å². The zero-order valence-electron chi connectivity index (χ0n) is 10.5. The van der Waals surface area contributed by atoms with Gasteiger partial charge in [-0.05, 0) is 49.9 Å². The Kier molecular flexibility index (Phi) is 3.36. The number of nitrogen functional groups attached to an aromatic ring is 1. The second-order valence-corrected chi connectivity index (χ2v) is 4.80. The first-order valence-electron chi connectivity index (χ1n) is 6.30. The standard InChI is InChI=1S/C14H20N2O/c1-3-16(13-8-6-12(15)7-9-13)14(17)10(2)11-4-5-11/h6-11H,3-5,15H2,1-2H3. The van der Waals surface area contributed by atoms with E-state index < -0.39 is 0 Å². The fourth-order valence-electron chi connectivity index (χ4n) is 2.16. The lowest BCUT2D eigenvalue weighted by molar-refractivity contribution is -0.122. The van der Waals surface area contributed by atoms with Crippen molar-refractivity contribution in [3.63, 3.8) is 0 Å². The summed E-state index contributed by atoms with van der Waals surface area (Å²) in [5, 5.41) is 0. The second kappa shape index (κ2) is 4.78. The molecule has 1 aromatic rings. The molecule has 0 aliphatic heterocycles. The minimum atomic E-state index is 0.146. The quantitative estimate of drug-likeness (QED) is 0.811. The van der Waals surface area contributed by atoms with Gasteiger partial charge in [0.1, 0.15) is 0 Å². The number of nitrogens with zero attached hydrogens (tertiary/aromatic N) is 1. The number of anilines is 2. The summed E-state index contributed by atoms with van der Waals surface area (Å²) in [6.07, 6.45) is 2.40. The van der Waals surface area contributed by atoms with Gasteiger partial charge in [-0.2, -0.15) is 0 Å². The molecule has 1 unspecified atom stereocenters. The molecule has 3 heteroatoms. The van der Waals surface area contributed by atoms with Crippen LogP contribution in [0, 0.1) is 11.8 Å². The van der Waals surface area contributed by atoms with Crippen LogP contribution in [0.3, 0.4) is 0 Å². The van der Waals surface area contributed by atoms with Gasteiger partial charge >= 0.3 is 0 Å². The van der Waals surface area contributed by atoms with Crippen LogP contribution in [0.5, 0.6) is 0 Å². The van der Waals surface area contributed by atoms with Gasteiger partial charge in [0.2, 0.25) is 5.91 Å². The van der Waals surface area contributed by atoms with Gasteiger partial charge in [0.15, 0.2) is 0 Å². The van der Waals surface area contributed by atoms with E-state index in [1.54, 1.807) is 0 Å². The zero-order valence-corrected chi connectivity index (χ0v) is 10.5. The summed E-state index contributed by atoms with van der Waals surface area (Å²) in [4.78, 5) is 14.2. The summed E-state index contributed by atoms with van der Waals surface area (Å²) in [7, 11) is 0. The molecule has 2 N–H and O–H groups in total. The number of carbonyl (C=O) groups excluding carboxylic acids is 1. The van der Waals surface area contributed by atoms with Gasteiger partial charge in [-0.3, -0.25) is 4.79 Å². The second-order valence-electron chi connectivity index (χ2n) is 4.80. The van der Waals surface area contributed by atoms with Crippen molar-refractivity contribution >= 4 is 17.3 Å². The van der Waals surface area contributed by atoms with Crippen LogP contribution in [-0.4, -0.2) is 12.5 Å². The summed E-state index contributed by atoms with van der Waals surface area (Å²) in [5.74, 6) is 0.984. The molecule has 0 spiro atoms. The average Bonchev–Trinajstić information content (AvgIpc) is 3.15. The Bertz CT molecular complexity index is 395. The Hall–Kier alpha value is -1.51. The summed E-state index contributed by atoms with van der Waals surface area (Å²) in [6.45, 7) is 4.76. The molecule has 0 radical (unpaired) electrons. The summed E-state index contributed by atoms with van der Waals surface area (Å²) < 4.78 is 0. The van der Waals surface area contributed by atoms with Crippen LogP contribution in [0.2, 0.25) is 0 Å². The Balaban J connectivity index is 2.14. The third-order valence-corrected chi connectivity index (χ3v) is 3.51. The number of hydrogen-bond donors (Lipinski definition) is 1. The number of rotatable bonds is 4. The van der Waals surface area contributed by atoms with E-state index in [1.807, 2.05) is 43.0 Å². The number of benzene rings is 1. The van der Waals surface area contributed by atoms with Crippen LogP contribution < -0.4 is 10.6 Å². The van der Waals surface area contributed by atoms with Crippen molar-refractivity contribution < 1.29 is 4.79 Å². The van der Waals surface area contributed by atoms with E-state index >= 15 is 0 Å². The van der Waals surface area contributed by atoms with E-state index in [4.69, 9.17) is 5.73 Å². The predicted molar refractivity (Wildman–Crippen MR) is 70.8 cm³/mol. The molecule has 0 aromatic heterocycles. The maximum atomic E-state index is 12.3. The lowest BCUT2D eigenvalue weighted by Crippen LogP contribution is -2.35. The van der Waals surface area contributed by atoms with Crippen molar-refractivity contribution in [1.29, 1.82) is 0 Å². The zero-order chi connectivity index (χ0) is 12.4. The Morgan fingerprint density at radius 1 is 1.41 bits per heavy atom. The molecule has 3 nitrogen and oxygen atoms in total. The molecule has 1 fully saturated rings. The number of nitrogens with two attached hydrogens (primary N) is 1. The smallest absolute Gasteiger partial charge is 0.230 e. The molecule has 92 valence electrons. The van der Waals surface area contributed by atoms with Crippen molar-refractivity contribution in [3.8, 4) is 0 Å². The molecule has 1 aliphatic carbocycles. The van der Waals surface area contributed by atoms with Crippen molar-refractivity contribution in [3.05, 3.63) is 24.3 Å². The van der Waals surface area contributed by atoms with Gasteiger partial charge in [0.25, 0.3) is 0 Å². The van der Waals surface area contributed by atoms with E-state index in [0.717, 1.165) is 11.4 Å². The van der Waals surface area contributed by atoms with Crippen LogP contribution in [0.25, 0.3) is 0 Å². The third kappa shape index (κ3) is 2.60. The highest BCUT2D eigenvalue weighted by Gasteiger charge is 2.34. The molecule has 1 aliphatic rings. The van der Waals surface area contributed by atoms with Crippen LogP contribution in [0.1, 0.15) is 26.7 Å². The molecular formula is C14H20N2O. The first-order chi connectivity index (χ1) is 8.13. The molecule has 0 bridgehead atoms. The SMILES string of the molecule is CCN(C(=O)C(C)C1CC1)c1ccc(N)cc1. The van der Waals surface area contributed by atoms with Crippen molar-refractivity contribution in [2.24, 2.45) is 11.8 Å². The molecule has 17 heavy (non-hydrogen) atoms. The van der Waals surface area contributed by atoms with Gasteiger partial charge in [-0.15, -0.1) is 0 Å². The molecule has 1 saturated carbocycles. The van der Waals surface area contributed by atoms with Crippen molar-refractivity contribution in [2.45, 2.75) is 26.7 Å². The van der Waals surface area contributed by atoms with Gasteiger partial charge in [-0.1, -0.05) is 6.92 Å². The van der Waals surface area contributed by atoms with E-state index in [2.05, 4.69) is 0 Å². The Morgan fingerprint density at radius 3 is 2.47 bits per heavy atom. The van der Waals surface area contributed by atoms with E-state index in [9.17, 15) is 4.79 Å². The van der Waals surface area contributed by atoms with Crippen LogP contribution in [0.15, 0.2) is 24.3 Å². The first kappa shape index (κ1) is 12.0. The van der Waals surface area contributed by atoms with Crippen LogP contribution in [0.4, 0.5) is 11.4 Å². The van der Waals surface area contributed by atoms with Gasteiger partial charge in [0, 0.05) is 23.8 Å². The topological polar surface area (TPSA) is 46.3 Å². The monoisotopic (exact) mass is 232 g/mol. The molecule has 1 atom stereocenters. The van der Waals surface area contributed by atoms with Gasteiger partial charge in [-0.25, -0.2) is 0 Å². The molecule has 1 amide bonds. The predicted octanol–water partition coefficient (Wildman–Crippen LogP) is 2.67. The highest BCUT2D eigenvalue weighted by atomic mass is 16.2. The van der Waals surface area contributed by atoms with E-state index in [0.29, 0.717) is 12.5 Å². The normalized spacial score (nSPS) is 16.6. The van der Waals surface area contributed by atoms with E-state index in [-0.39, 0.29) is 11.8 Å². The van der Waals surface area contributed by atoms with Crippen molar-refractivity contribution in [2.75, 3.05) is 17.2 Å². The summed E-state index contributed by atoms with van der Waals surface area (Å²) in [6, 6.07) is 7.51. The third-order valence-electron chi connectivity index (χ3n) is 3.51. The van der Waals surface area contributed by atoms with Crippen LogP contribution in [-0.2, 0) is 4.79 Å². The van der Waals surface area contributed by atoms with E-state index in [1.165, 1.54) is 12.8 Å². The highest BCUT2D eigenvalue weighted by Crippen LogP contribution is 2.38. The molecule has 0 heterocycles. The molecule has 2 rings (SSSR count). The molecule has 0 saturated heterocycles. The highest BCUT2D eigenvalue weighted by molar-refractivity contribution is 5.95. The Labute approximate surface area is 103 Å². The number of amides is 1. The van der Waals surface area contributed by atoms with Gasteiger partial charge < -0.3 is 10.6 Å². The first-order valence-corrected chi connectivity index (χ1v) is 6.30. The minimum absolute atomic E-state index is 0.146.